The molecule has 2 heterocycles. The van der Waals surface area contributed by atoms with Gasteiger partial charge in [-0.2, -0.15) is 0 Å². The lowest BCUT2D eigenvalue weighted by Gasteiger charge is -2.30. The molecule has 4 nitrogen and oxygen atoms in total. The van der Waals surface area contributed by atoms with Gasteiger partial charge in [-0.3, -0.25) is 4.79 Å². The molecule has 0 aromatic heterocycles. The monoisotopic (exact) mass is 170 g/mol. The molecule has 0 unspecified atom stereocenters. The molecular weight excluding hydrogens is 160 g/mol. The molecule has 4 heteroatoms. The van der Waals surface area contributed by atoms with Crippen molar-refractivity contribution in [2.24, 2.45) is 0 Å². The third-order valence-electron chi connectivity index (χ3n) is 2.31. The predicted molar refractivity (Wildman–Crippen MR) is 39.4 cm³/mol. The minimum Gasteiger partial charge on any atom is -0.455 e. The molecule has 0 radical (unpaired) electrons. The first-order chi connectivity index (χ1) is 5.68. The summed E-state index contributed by atoms with van der Waals surface area (Å²) in [6.45, 7) is 3.91. The van der Waals surface area contributed by atoms with Crippen molar-refractivity contribution in [2.75, 3.05) is 6.61 Å². The van der Waals surface area contributed by atoms with E-state index >= 15 is 0 Å². The van der Waals surface area contributed by atoms with E-state index in [-0.39, 0.29) is 12.4 Å². The largest absolute Gasteiger partial charge is 0.455 e. The standard InChI is InChI=1S/C8H10O4/c1-2-5-7(10)8(4-11-8)3-6(9)12-5/h2,5,7,10H,1,3-4H2/t5-,7-,8-/m1/s1. The van der Waals surface area contributed by atoms with Crippen molar-refractivity contribution >= 4 is 5.97 Å². The maximum atomic E-state index is 11.0. The highest BCUT2D eigenvalue weighted by Gasteiger charge is 2.58. The van der Waals surface area contributed by atoms with E-state index in [1.807, 2.05) is 0 Å². The molecule has 0 aliphatic carbocycles. The van der Waals surface area contributed by atoms with Crippen LogP contribution in [0, 0.1) is 0 Å². The number of carbonyl (C=O) groups is 1. The number of ether oxygens (including phenoxy) is 2. The molecular formula is C8H10O4. The Labute approximate surface area is 69.8 Å². The molecule has 0 bridgehead atoms. The summed E-state index contributed by atoms with van der Waals surface area (Å²) in [5.74, 6) is -0.331. The maximum Gasteiger partial charge on any atom is 0.309 e. The van der Waals surface area contributed by atoms with Crippen LogP contribution in [0.4, 0.5) is 0 Å². The van der Waals surface area contributed by atoms with Crippen LogP contribution in [0.15, 0.2) is 12.7 Å². The van der Waals surface area contributed by atoms with E-state index in [1.165, 1.54) is 6.08 Å². The van der Waals surface area contributed by atoms with Gasteiger partial charge in [0.1, 0.15) is 17.8 Å². The van der Waals surface area contributed by atoms with Crippen molar-refractivity contribution in [1.82, 2.24) is 0 Å². The van der Waals surface area contributed by atoms with E-state index in [9.17, 15) is 9.90 Å². The first-order valence-corrected chi connectivity index (χ1v) is 3.82. The molecule has 1 spiro atoms. The number of epoxide rings is 1. The second-order valence-corrected chi connectivity index (χ2v) is 3.17. The minimum atomic E-state index is -0.757. The molecule has 1 N–H and O–H groups in total. The molecule has 0 aromatic rings. The lowest BCUT2D eigenvalue weighted by Crippen LogP contribution is -2.48. The van der Waals surface area contributed by atoms with Crippen molar-refractivity contribution in [3.63, 3.8) is 0 Å². The maximum absolute atomic E-state index is 11.0. The number of rotatable bonds is 1. The Morgan fingerprint density at radius 2 is 2.42 bits per heavy atom. The number of hydrogen-bond donors (Lipinski definition) is 1. The number of esters is 1. The summed E-state index contributed by atoms with van der Waals surface area (Å²) in [5, 5.41) is 9.60. The van der Waals surface area contributed by atoms with Crippen LogP contribution in [0.2, 0.25) is 0 Å². The molecule has 0 aromatic carbocycles. The molecule has 2 fully saturated rings. The van der Waals surface area contributed by atoms with E-state index in [0.29, 0.717) is 6.61 Å². The minimum absolute atomic E-state index is 0.151. The zero-order valence-corrected chi connectivity index (χ0v) is 6.53. The van der Waals surface area contributed by atoms with Crippen LogP contribution in [0.5, 0.6) is 0 Å². The van der Waals surface area contributed by atoms with Crippen molar-refractivity contribution in [3.05, 3.63) is 12.7 Å². The zero-order valence-electron chi connectivity index (χ0n) is 6.53. The summed E-state index contributed by atoms with van der Waals surface area (Å²) in [6, 6.07) is 0. The van der Waals surface area contributed by atoms with Gasteiger partial charge in [-0.25, -0.2) is 0 Å². The normalized spacial score (nSPS) is 45.6. The number of aliphatic hydroxyl groups is 1. The van der Waals surface area contributed by atoms with E-state index in [1.54, 1.807) is 0 Å². The summed E-state index contributed by atoms with van der Waals surface area (Å²) < 4.78 is 9.89. The SMILES string of the molecule is C=C[C@H]1OC(=O)C[C@@]2(CO2)[C@@H]1O. The van der Waals surface area contributed by atoms with Gasteiger partial charge in [-0.05, 0) is 6.08 Å². The molecule has 2 aliphatic rings. The highest BCUT2D eigenvalue weighted by Crippen LogP contribution is 2.40. The Morgan fingerprint density at radius 3 is 2.92 bits per heavy atom. The number of aliphatic hydroxyl groups excluding tert-OH is 1. The van der Waals surface area contributed by atoms with Crippen LogP contribution < -0.4 is 0 Å². The zero-order chi connectivity index (χ0) is 8.77. The molecule has 12 heavy (non-hydrogen) atoms. The van der Waals surface area contributed by atoms with Crippen LogP contribution in [0.3, 0.4) is 0 Å². The van der Waals surface area contributed by atoms with Crippen LogP contribution >= 0.6 is 0 Å². The van der Waals surface area contributed by atoms with Crippen molar-refractivity contribution in [3.8, 4) is 0 Å². The first-order valence-electron chi connectivity index (χ1n) is 3.82. The van der Waals surface area contributed by atoms with Crippen LogP contribution in [0.1, 0.15) is 6.42 Å². The number of carbonyl (C=O) groups excluding carboxylic acids is 1. The molecule has 2 saturated heterocycles. The third-order valence-corrected chi connectivity index (χ3v) is 2.31. The van der Waals surface area contributed by atoms with Crippen LogP contribution in [-0.2, 0) is 14.3 Å². The summed E-state index contributed by atoms with van der Waals surface area (Å²) in [6.07, 6.45) is 0.199. The van der Waals surface area contributed by atoms with Crippen molar-refractivity contribution < 1.29 is 19.4 Å². The lowest BCUT2D eigenvalue weighted by molar-refractivity contribution is -0.166. The highest BCUT2D eigenvalue weighted by molar-refractivity contribution is 5.73. The average molecular weight is 170 g/mol. The van der Waals surface area contributed by atoms with Gasteiger partial charge in [-0.1, -0.05) is 6.58 Å². The fraction of sp³-hybridized carbons (Fsp3) is 0.625. The van der Waals surface area contributed by atoms with Gasteiger partial charge < -0.3 is 14.6 Å². The molecule has 3 atom stereocenters. The van der Waals surface area contributed by atoms with E-state index in [0.717, 1.165) is 0 Å². The molecule has 2 rings (SSSR count). The molecule has 0 amide bonds. The van der Waals surface area contributed by atoms with Gasteiger partial charge in [0.2, 0.25) is 0 Å². The van der Waals surface area contributed by atoms with Crippen LogP contribution in [0.25, 0.3) is 0 Å². The Hall–Kier alpha value is -0.870. The Kier molecular flexibility index (Phi) is 1.49. The number of hydrogen-bond acceptors (Lipinski definition) is 4. The number of cyclic esters (lactones) is 1. The summed E-state index contributed by atoms with van der Waals surface area (Å²) >= 11 is 0. The lowest BCUT2D eigenvalue weighted by atomic mass is 9.92. The quantitative estimate of drug-likeness (QED) is 0.331. The second-order valence-electron chi connectivity index (χ2n) is 3.17. The van der Waals surface area contributed by atoms with Gasteiger partial charge in [-0.15, -0.1) is 0 Å². The summed E-state index contributed by atoms with van der Waals surface area (Å²) in [4.78, 5) is 11.0. The Morgan fingerprint density at radius 1 is 1.75 bits per heavy atom. The fourth-order valence-corrected chi connectivity index (χ4v) is 1.45. The van der Waals surface area contributed by atoms with Crippen molar-refractivity contribution in [1.29, 1.82) is 0 Å². The van der Waals surface area contributed by atoms with E-state index < -0.39 is 17.8 Å². The predicted octanol–water partition coefficient (Wildman–Crippen LogP) is -0.382. The summed E-state index contributed by atoms with van der Waals surface area (Å²) in [7, 11) is 0. The van der Waals surface area contributed by atoms with E-state index in [2.05, 4.69) is 6.58 Å². The second kappa shape index (κ2) is 2.31. The van der Waals surface area contributed by atoms with Gasteiger partial charge in [0.25, 0.3) is 0 Å². The van der Waals surface area contributed by atoms with Gasteiger partial charge in [0.15, 0.2) is 0 Å². The average Bonchev–Trinajstić information content (AvgIpc) is 2.78. The van der Waals surface area contributed by atoms with Gasteiger partial charge in [0.05, 0.1) is 13.0 Å². The fourth-order valence-electron chi connectivity index (χ4n) is 1.45. The van der Waals surface area contributed by atoms with Gasteiger partial charge in [0, 0.05) is 0 Å². The first kappa shape index (κ1) is 7.76. The smallest absolute Gasteiger partial charge is 0.309 e. The third kappa shape index (κ3) is 0.956. The molecule has 66 valence electrons. The topological polar surface area (TPSA) is 59.1 Å². The highest BCUT2D eigenvalue weighted by atomic mass is 16.6. The Balaban J connectivity index is 2.18. The van der Waals surface area contributed by atoms with E-state index in [4.69, 9.17) is 9.47 Å². The Bertz CT molecular complexity index is 231. The molecule has 0 saturated carbocycles. The molecule has 2 aliphatic heterocycles. The van der Waals surface area contributed by atoms with Crippen molar-refractivity contribution in [2.45, 2.75) is 24.2 Å². The van der Waals surface area contributed by atoms with Crippen LogP contribution in [-0.4, -0.2) is 35.5 Å². The summed E-state index contributed by atoms with van der Waals surface area (Å²) in [5.41, 5.74) is -0.659. The van der Waals surface area contributed by atoms with Gasteiger partial charge >= 0.3 is 5.97 Å².